The molecule has 25 heavy (non-hydrogen) atoms. The Morgan fingerprint density at radius 3 is 2.72 bits per heavy atom. The maximum absolute atomic E-state index is 12.4. The van der Waals surface area contributed by atoms with E-state index in [1.807, 2.05) is 52.7 Å². The average Bonchev–Trinajstić information content (AvgIpc) is 3.19. The van der Waals surface area contributed by atoms with E-state index in [-0.39, 0.29) is 5.91 Å². The van der Waals surface area contributed by atoms with Crippen molar-refractivity contribution in [2.75, 3.05) is 38.2 Å². The SMILES string of the molecule is COc1ccc(CCC(=O)N2CCC(CSC3=NCCS3)CC2)cc1. The minimum absolute atomic E-state index is 0.289. The highest BCUT2D eigenvalue weighted by molar-refractivity contribution is 8.39. The van der Waals surface area contributed by atoms with Crippen LogP contribution in [-0.2, 0) is 11.2 Å². The molecule has 0 aromatic heterocycles. The van der Waals surface area contributed by atoms with Crippen LogP contribution in [0.4, 0.5) is 0 Å². The zero-order chi connectivity index (χ0) is 17.5. The largest absolute Gasteiger partial charge is 0.497 e. The predicted octanol–water partition coefficient (Wildman–Crippen LogP) is 3.70. The Labute approximate surface area is 158 Å². The maximum Gasteiger partial charge on any atom is 0.222 e. The van der Waals surface area contributed by atoms with Crippen LogP contribution in [-0.4, -0.2) is 53.4 Å². The zero-order valence-electron chi connectivity index (χ0n) is 14.8. The van der Waals surface area contributed by atoms with E-state index in [4.69, 9.17) is 4.74 Å². The number of piperidine rings is 1. The second-order valence-corrected chi connectivity index (χ2v) is 8.83. The molecule has 3 rings (SSSR count). The van der Waals surface area contributed by atoms with Crippen molar-refractivity contribution in [2.45, 2.75) is 25.7 Å². The van der Waals surface area contributed by atoms with Crippen LogP contribution in [0.5, 0.6) is 5.75 Å². The van der Waals surface area contributed by atoms with Crippen LogP contribution >= 0.6 is 23.5 Å². The standard InChI is InChI=1S/C19H26N2O2S2/c1-23-17-5-2-15(3-6-17)4-7-18(22)21-11-8-16(9-12-21)14-25-19-20-10-13-24-19/h2-3,5-6,16H,4,7-14H2,1H3. The molecule has 0 radical (unpaired) electrons. The van der Waals surface area contributed by atoms with Crippen molar-refractivity contribution in [3.05, 3.63) is 29.8 Å². The smallest absolute Gasteiger partial charge is 0.222 e. The van der Waals surface area contributed by atoms with Gasteiger partial charge >= 0.3 is 0 Å². The molecule has 2 heterocycles. The van der Waals surface area contributed by atoms with Crippen LogP contribution in [0, 0.1) is 5.92 Å². The predicted molar refractivity (Wildman–Crippen MR) is 108 cm³/mol. The minimum Gasteiger partial charge on any atom is -0.497 e. The lowest BCUT2D eigenvalue weighted by molar-refractivity contribution is -0.132. The summed E-state index contributed by atoms with van der Waals surface area (Å²) in [6.45, 7) is 2.80. The van der Waals surface area contributed by atoms with Crippen molar-refractivity contribution >= 4 is 33.8 Å². The van der Waals surface area contributed by atoms with Crippen LogP contribution in [0.3, 0.4) is 0 Å². The van der Waals surface area contributed by atoms with Crippen LogP contribution < -0.4 is 4.74 Å². The molecule has 0 spiro atoms. The first-order valence-electron chi connectivity index (χ1n) is 8.95. The Kier molecular flexibility index (Phi) is 7.11. The second kappa shape index (κ2) is 9.53. The normalized spacial score (nSPS) is 18.3. The van der Waals surface area contributed by atoms with Gasteiger partial charge in [0.05, 0.1) is 13.7 Å². The fraction of sp³-hybridized carbons (Fsp3) is 0.579. The van der Waals surface area contributed by atoms with E-state index in [2.05, 4.69) is 4.99 Å². The number of hydrogen-bond donors (Lipinski definition) is 0. The van der Waals surface area contributed by atoms with Crippen molar-refractivity contribution in [3.63, 3.8) is 0 Å². The number of ether oxygens (including phenoxy) is 1. The van der Waals surface area contributed by atoms with E-state index in [1.165, 1.54) is 9.94 Å². The van der Waals surface area contributed by atoms with Crippen molar-refractivity contribution in [1.29, 1.82) is 0 Å². The van der Waals surface area contributed by atoms with Gasteiger partial charge in [-0.25, -0.2) is 0 Å². The van der Waals surface area contributed by atoms with Gasteiger partial charge in [0.2, 0.25) is 5.91 Å². The number of aryl methyl sites for hydroxylation is 1. The van der Waals surface area contributed by atoms with Crippen LogP contribution in [0.2, 0.25) is 0 Å². The molecule has 0 bridgehead atoms. The Morgan fingerprint density at radius 2 is 2.08 bits per heavy atom. The van der Waals surface area contributed by atoms with E-state index in [9.17, 15) is 4.79 Å². The van der Waals surface area contributed by atoms with Crippen molar-refractivity contribution in [3.8, 4) is 5.75 Å². The lowest BCUT2D eigenvalue weighted by atomic mass is 9.98. The average molecular weight is 379 g/mol. The molecule has 2 aliphatic rings. The molecule has 1 aromatic carbocycles. The van der Waals surface area contributed by atoms with Crippen molar-refractivity contribution < 1.29 is 9.53 Å². The van der Waals surface area contributed by atoms with Crippen LogP contribution in [0.25, 0.3) is 0 Å². The fourth-order valence-electron chi connectivity index (χ4n) is 3.14. The molecule has 2 aliphatic heterocycles. The molecule has 0 unspecified atom stereocenters. The topological polar surface area (TPSA) is 41.9 Å². The monoisotopic (exact) mass is 378 g/mol. The first-order chi connectivity index (χ1) is 12.2. The van der Waals surface area contributed by atoms with Crippen molar-refractivity contribution in [1.82, 2.24) is 4.90 Å². The summed E-state index contributed by atoms with van der Waals surface area (Å²) in [5.41, 5.74) is 1.19. The lowest BCUT2D eigenvalue weighted by Gasteiger charge is -2.32. The highest BCUT2D eigenvalue weighted by Crippen LogP contribution is 2.28. The number of rotatable bonds is 6. The summed E-state index contributed by atoms with van der Waals surface area (Å²) in [4.78, 5) is 19.0. The van der Waals surface area contributed by atoms with Gasteiger partial charge in [-0.3, -0.25) is 9.79 Å². The number of methoxy groups -OCH3 is 1. The first kappa shape index (κ1) is 18.6. The van der Waals surface area contributed by atoms with E-state index in [0.717, 1.165) is 62.1 Å². The Balaban J connectivity index is 1.36. The zero-order valence-corrected chi connectivity index (χ0v) is 16.4. The van der Waals surface area contributed by atoms with Gasteiger partial charge in [-0.2, -0.15) is 0 Å². The Morgan fingerprint density at radius 1 is 1.32 bits per heavy atom. The summed E-state index contributed by atoms with van der Waals surface area (Å²) in [5.74, 6) is 4.16. The molecule has 1 saturated heterocycles. The number of aliphatic imine (C=N–C) groups is 1. The summed E-state index contributed by atoms with van der Waals surface area (Å²) >= 11 is 3.79. The third-order valence-electron chi connectivity index (χ3n) is 4.75. The highest BCUT2D eigenvalue weighted by atomic mass is 32.2. The summed E-state index contributed by atoms with van der Waals surface area (Å²) < 4.78 is 6.43. The number of benzene rings is 1. The molecule has 4 nitrogen and oxygen atoms in total. The molecule has 0 atom stereocenters. The molecule has 0 aliphatic carbocycles. The quantitative estimate of drug-likeness (QED) is 0.757. The third kappa shape index (κ3) is 5.68. The van der Waals surface area contributed by atoms with E-state index < -0.39 is 0 Å². The number of hydrogen-bond acceptors (Lipinski definition) is 5. The number of nitrogens with zero attached hydrogens (tertiary/aromatic N) is 2. The Bertz CT molecular complexity index is 596. The van der Waals surface area contributed by atoms with Gasteiger partial charge in [0.25, 0.3) is 0 Å². The van der Waals surface area contributed by atoms with Crippen molar-refractivity contribution in [2.24, 2.45) is 10.9 Å². The second-order valence-electron chi connectivity index (χ2n) is 6.48. The highest BCUT2D eigenvalue weighted by Gasteiger charge is 2.23. The molecule has 1 fully saturated rings. The maximum atomic E-state index is 12.4. The first-order valence-corrected chi connectivity index (χ1v) is 10.9. The van der Waals surface area contributed by atoms with Crippen LogP contribution in [0.1, 0.15) is 24.8 Å². The molecule has 136 valence electrons. The summed E-state index contributed by atoms with van der Waals surface area (Å²) in [6, 6.07) is 7.99. The lowest BCUT2D eigenvalue weighted by Crippen LogP contribution is -2.39. The minimum atomic E-state index is 0.289. The molecule has 1 amide bonds. The molecule has 0 N–H and O–H groups in total. The van der Waals surface area contributed by atoms with Gasteiger partial charge in [0.1, 0.15) is 10.1 Å². The third-order valence-corrected chi connectivity index (χ3v) is 7.24. The summed E-state index contributed by atoms with van der Waals surface area (Å²) in [7, 11) is 1.67. The van der Waals surface area contributed by atoms with Gasteiger partial charge in [-0.1, -0.05) is 35.7 Å². The van der Waals surface area contributed by atoms with Gasteiger partial charge in [-0.15, -0.1) is 0 Å². The number of likely N-dealkylation sites (tertiary alicyclic amines) is 1. The Hall–Kier alpha value is -1.14. The molecular weight excluding hydrogens is 352 g/mol. The van der Waals surface area contributed by atoms with Crippen LogP contribution in [0.15, 0.2) is 29.3 Å². The molecule has 0 saturated carbocycles. The summed E-state index contributed by atoms with van der Waals surface area (Å²) in [5, 5.41) is 0. The molecule has 1 aromatic rings. The number of amides is 1. The number of thioether (sulfide) groups is 2. The number of carbonyl (C=O) groups is 1. The number of carbonyl (C=O) groups excluding carboxylic acids is 1. The molecular formula is C19H26N2O2S2. The van der Waals surface area contributed by atoms with Gasteiger partial charge in [-0.05, 0) is 42.9 Å². The summed E-state index contributed by atoms with van der Waals surface area (Å²) in [6.07, 6.45) is 3.65. The fourth-order valence-corrected chi connectivity index (χ4v) is 5.36. The van der Waals surface area contributed by atoms with E-state index in [0.29, 0.717) is 6.42 Å². The van der Waals surface area contributed by atoms with E-state index in [1.54, 1.807) is 7.11 Å². The molecule has 6 heteroatoms. The van der Waals surface area contributed by atoms with Gasteiger partial charge in [0, 0.05) is 31.0 Å². The van der Waals surface area contributed by atoms with E-state index >= 15 is 0 Å². The van der Waals surface area contributed by atoms with Gasteiger partial charge in [0.15, 0.2) is 0 Å². The van der Waals surface area contributed by atoms with Gasteiger partial charge < -0.3 is 9.64 Å².